The topological polar surface area (TPSA) is 52.3 Å². The Kier molecular flexibility index (Phi) is 2.72. The van der Waals surface area contributed by atoms with E-state index >= 15 is 0 Å². The Morgan fingerprint density at radius 2 is 1.95 bits per heavy atom. The molecule has 0 saturated carbocycles. The second-order valence-electron chi connectivity index (χ2n) is 3.85. The molecule has 0 amide bonds. The molecule has 0 atom stereocenters. The number of nitrogens with zero attached hydrogens (tertiary/aromatic N) is 1. The van der Waals surface area contributed by atoms with Gasteiger partial charge in [0.25, 0.3) is 0 Å². The Morgan fingerprint density at radius 1 is 1.16 bits per heavy atom. The molecule has 0 saturated heterocycles. The van der Waals surface area contributed by atoms with Gasteiger partial charge < -0.3 is 9.15 Å². The lowest BCUT2D eigenvalue weighted by molar-refractivity contribution is 0.0736. The highest BCUT2D eigenvalue weighted by atomic mass is 19.1. The number of oxazole rings is 1. The molecule has 0 aliphatic carbocycles. The molecule has 0 fully saturated rings. The fraction of sp³-hybridized carbons (Fsp3) is 0. The number of rotatable bonds is 2. The van der Waals surface area contributed by atoms with E-state index in [0.717, 1.165) is 0 Å². The largest absolute Gasteiger partial charge is 0.443 e. The third-order valence-corrected chi connectivity index (χ3v) is 2.60. The van der Waals surface area contributed by atoms with E-state index in [1.54, 1.807) is 18.2 Å². The van der Waals surface area contributed by atoms with Crippen LogP contribution in [-0.4, -0.2) is 11.0 Å². The molecule has 19 heavy (non-hydrogen) atoms. The summed E-state index contributed by atoms with van der Waals surface area (Å²) < 4.78 is 23.0. The number of esters is 1. The first-order valence-electron chi connectivity index (χ1n) is 5.54. The summed E-state index contributed by atoms with van der Waals surface area (Å²) in [6, 6.07) is 10.2. The first-order chi connectivity index (χ1) is 9.24. The van der Waals surface area contributed by atoms with Crippen molar-refractivity contribution in [3.63, 3.8) is 0 Å². The van der Waals surface area contributed by atoms with Gasteiger partial charge in [-0.1, -0.05) is 6.07 Å². The molecule has 0 spiro atoms. The highest BCUT2D eigenvalue weighted by molar-refractivity contribution is 6.02. The minimum Gasteiger partial charge on any atom is -0.443 e. The Morgan fingerprint density at radius 3 is 2.74 bits per heavy atom. The summed E-state index contributed by atoms with van der Waals surface area (Å²) in [7, 11) is 0. The third kappa shape index (κ3) is 2.18. The third-order valence-electron chi connectivity index (χ3n) is 2.60. The molecule has 0 aliphatic rings. The van der Waals surface area contributed by atoms with Crippen LogP contribution in [0.15, 0.2) is 53.3 Å². The van der Waals surface area contributed by atoms with Crippen molar-refractivity contribution in [3.05, 3.63) is 60.2 Å². The lowest BCUT2D eigenvalue weighted by atomic mass is 10.2. The predicted octanol–water partition coefficient (Wildman–Crippen LogP) is 3.19. The fourth-order valence-electron chi connectivity index (χ4n) is 1.72. The van der Waals surface area contributed by atoms with Crippen LogP contribution in [0.1, 0.15) is 10.4 Å². The summed E-state index contributed by atoms with van der Waals surface area (Å²) in [6.07, 6.45) is 1.26. The van der Waals surface area contributed by atoms with Crippen molar-refractivity contribution in [1.29, 1.82) is 0 Å². The number of halogens is 1. The van der Waals surface area contributed by atoms with Crippen LogP contribution < -0.4 is 4.74 Å². The van der Waals surface area contributed by atoms with Crippen molar-refractivity contribution in [2.75, 3.05) is 0 Å². The van der Waals surface area contributed by atoms with E-state index < -0.39 is 11.8 Å². The molecule has 0 bridgehead atoms. The van der Waals surface area contributed by atoms with Gasteiger partial charge in [-0.15, -0.1) is 0 Å². The maximum absolute atomic E-state index is 12.8. The fourth-order valence-corrected chi connectivity index (χ4v) is 1.72. The van der Waals surface area contributed by atoms with E-state index in [-0.39, 0.29) is 5.75 Å². The number of hydrogen-bond acceptors (Lipinski definition) is 4. The SMILES string of the molecule is O=C(Oc1ccc(F)cc1)c1cccc2ocnc12. The van der Waals surface area contributed by atoms with Crippen molar-refractivity contribution in [2.24, 2.45) is 0 Å². The van der Waals surface area contributed by atoms with E-state index in [2.05, 4.69) is 4.98 Å². The van der Waals surface area contributed by atoms with Gasteiger partial charge in [-0.3, -0.25) is 0 Å². The number of fused-ring (bicyclic) bond motifs is 1. The molecule has 2 aromatic carbocycles. The van der Waals surface area contributed by atoms with E-state index in [1.807, 2.05) is 0 Å². The molecule has 4 nitrogen and oxygen atoms in total. The number of ether oxygens (including phenoxy) is 1. The minimum absolute atomic E-state index is 0.270. The van der Waals surface area contributed by atoms with Gasteiger partial charge in [-0.25, -0.2) is 14.2 Å². The number of para-hydroxylation sites is 1. The molecule has 3 aromatic rings. The molecule has 3 rings (SSSR count). The second-order valence-corrected chi connectivity index (χ2v) is 3.85. The van der Waals surface area contributed by atoms with Crippen molar-refractivity contribution < 1.29 is 18.3 Å². The summed E-state index contributed by atoms with van der Waals surface area (Å²) in [5, 5.41) is 0. The Labute approximate surface area is 107 Å². The van der Waals surface area contributed by atoms with E-state index in [9.17, 15) is 9.18 Å². The number of aromatic nitrogens is 1. The zero-order valence-corrected chi connectivity index (χ0v) is 9.67. The molecule has 5 heteroatoms. The first-order valence-corrected chi connectivity index (χ1v) is 5.54. The van der Waals surface area contributed by atoms with Gasteiger partial charge in [0.05, 0.1) is 5.56 Å². The monoisotopic (exact) mass is 257 g/mol. The quantitative estimate of drug-likeness (QED) is 0.522. The number of carbonyl (C=O) groups is 1. The number of hydrogen-bond donors (Lipinski definition) is 0. The molecule has 0 N–H and O–H groups in total. The van der Waals surface area contributed by atoms with Crippen LogP contribution in [0, 0.1) is 5.82 Å². The van der Waals surface area contributed by atoms with Crippen LogP contribution in [0.25, 0.3) is 11.1 Å². The van der Waals surface area contributed by atoms with Crippen molar-refractivity contribution in [1.82, 2.24) is 4.98 Å². The highest BCUT2D eigenvalue weighted by Gasteiger charge is 2.14. The van der Waals surface area contributed by atoms with Gasteiger partial charge in [0.1, 0.15) is 17.1 Å². The average molecular weight is 257 g/mol. The molecule has 1 aromatic heterocycles. The van der Waals surface area contributed by atoms with Gasteiger partial charge in [-0.05, 0) is 36.4 Å². The van der Waals surface area contributed by atoms with Crippen LogP contribution in [-0.2, 0) is 0 Å². The Balaban J connectivity index is 1.92. The Bertz CT molecular complexity index is 734. The van der Waals surface area contributed by atoms with Gasteiger partial charge >= 0.3 is 5.97 Å². The maximum Gasteiger partial charge on any atom is 0.345 e. The summed E-state index contributed by atoms with van der Waals surface area (Å²) in [6.45, 7) is 0. The van der Waals surface area contributed by atoms with Crippen LogP contribution in [0.2, 0.25) is 0 Å². The van der Waals surface area contributed by atoms with Gasteiger partial charge in [0.15, 0.2) is 12.0 Å². The highest BCUT2D eigenvalue weighted by Crippen LogP contribution is 2.19. The summed E-state index contributed by atoms with van der Waals surface area (Å²) >= 11 is 0. The molecular weight excluding hydrogens is 249 g/mol. The number of benzene rings is 2. The average Bonchev–Trinajstić information content (AvgIpc) is 2.89. The van der Waals surface area contributed by atoms with E-state index in [1.165, 1.54) is 30.7 Å². The van der Waals surface area contributed by atoms with Crippen LogP contribution in [0.5, 0.6) is 5.75 Å². The van der Waals surface area contributed by atoms with Crippen LogP contribution >= 0.6 is 0 Å². The summed E-state index contributed by atoms with van der Waals surface area (Å²) in [5.41, 5.74) is 1.25. The molecular formula is C14H8FNO3. The summed E-state index contributed by atoms with van der Waals surface area (Å²) in [5.74, 6) is -0.684. The predicted molar refractivity (Wildman–Crippen MR) is 65.4 cm³/mol. The van der Waals surface area contributed by atoms with Crippen LogP contribution in [0.4, 0.5) is 4.39 Å². The second kappa shape index (κ2) is 4.53. The maximum atomic E-state index is 12.8. The van der Waals surface area contributed by atoms with Crippen molar-refractivity contribution in [3.8, 4) is 5.75 Å². The van der Waals surface area contributed by atoms with Gasteiger partial charge in [0.2, 0.25) is 0 Å². The van der Waals surface area contributed by atoms with E-state index in [4.69, 9.17) is 9.15 Å². The van der Waals surface area contributed by atoms with Gasteiger partial charge in [-0.2, -0.15) is 0 Å². The standard InChI is InChI=1S/C14H8FNO3/c15-9-4-6-10(7-5-9)19-14(17)11-2-1-3-12-13(11)16-8-18-12/h1-8H. The zero-order valence-electron chi connectivity index (χ0n) is 9.67. The number of carbonyl (C=O) groups excluding carboxylic acids is 1. The smallest absolute Gasteiger partial charge is 0.345 e. The lowest BCUT2D eigenvalue weighted by Gasteiger charge is -2.04. The molecule has 0 unspecified atom stereocenters. The Hall–Kier alpha value is -2.69. The lowest BCUT2D eigenvalue weighted by Crippen LogP contribution is -2.09. The molecule has 1 heterocycles. The molecule has 94 valence electrons. The van der Waals surface area contributed by atoms with E-state index in [0.29, 0.717) is 16.7 Å². The zero-order chi connectivity index (χ0) is 13.2. The minimum atomic E-state index is -0.564. The normalized spacial score (nSPS) is 10.6. The molecule has 0 radical (unpaired) electrons. The molecule has 0 aliphatic heterocycles. The van der Waals surface area contributed by atoms with Crippen molar-refractivity contribution >= 4 is 17.1 Å². The first kappa shape index (κ1) is 11.4. The van der Waals surface area contributed by atoms with Crippen LogP contribution in [0.3, 0.4) is 0 Å². The van der Waals surface area contributed by atoms with Gasteiger partial charge in [0, 0.05) is 0 Å². The summed E-state index contributed by atoms with van der Waals surface area (Å²) in [4.78, 5) is 16.0. The van der Waals surface area contributed by atoms with Crippen molar-refractivity contribution in [2.45, 2.75) is 0 Å².